The van der Waals surface area contributed by atoms with Gasteiger partial charge in [0.05, 0.1) is 0 Å². The number of hydrogen-bond donors (Lipinski definition) is 2. The van der Waals surface area contributed by atoms with Crippen molar-refractivity contribution in [1.29, 1.82) is 0 Å². The van der Waals surface area contributed by atoms with Gasteiger partial charge in [0, 0.05) is 12.2 Å². The summed E-state index contributed by atoms with van der Waals surface area (Å²) in [4.78, 5) is 18.4. The van der Waals surface area contributed by atoms with E-state index in [9.17, 15) is 4.79 Å². The van der Waals surface area contributed by atoms with Crippen LogP contribution >= 0.6 is 0 Å². The van der Waals surface area contributed by atoms with Crippen LogP contribution in [0.1, 0.15) is 23.8 Å². The van der Waals surface area contributed by atoms with Crippen LogP contribution in [0.4, 0.5) is 5.95 Å². The second-order valence-electron chi connectivity index (χ2n) is 3.53. The fourth-order valence-corrected chi connectivity index (χ4v) is 1.24. The molecule has 0 saturated heterocycles. The van der Waals surface area contributed by atoms with Crippen LogP contribution in [0, 0.1) is 5.92 Å². The van der Waals surface area contributed by atoms with E-state index < -0.39 is 5.97 Å². The molecule has 0 amide bonds. The first-order valence-electron chi connectivity index (χ1n) is 4.49. The molecule has 0 spiro atoms. The second kappa shape index (κ2) is 3.25. The van der Waals surface area contributed by atoms with E-state index in [1.807, 2.05) is 0 Å². The molecule has 1 aromatic heterocycles. The van der Waals surface area contributed by atoms with Crippen molar-refractivity contribution >= 4 is 11.9 Å². The van der Waals surface area contributed by atoms with Crippen LogP contribution in [0.25, 0.3) is 0 Å². The predicted octanol–water partition coefficient (Wildman–Crippen LogP) is 0.995. The van der Waals surface area contributed by atoms with E-state index in [1.54, 1.807) is 0 Å². The van der Waals surface area contributed by atoms with Gasteiger partial charge in [0.1, 0.15) is 0 Å². The zero-order valence-electron chi connectivity index (χ0n) is 7.77. The minimum absolute atomic E-state index is 0.0239. The van der Waals surface area contributed by atoms with Crippen molar-refractivity contribution in [3.8, 4) is 0 Å². The molecule has 2 unspecified atom stereocenters. The lowest BCUT2D eigenvalue weighted by Crippen LogP contribution is -2.10. The molecule has 2 N–H and O–H groups in total. The van der Waals surface area contributed by atoms with E-state index in [4.69, 9.17) is 5.11 Å². The largest absolute Gasteiger partial charge is 0.477 e. The summed E-state index contributed by atoms with van der Waals surface area (Å²) in [5, 5.41) is 11.8. The first-order chi connectivity index (χ1) is 6.66. The van der Waals surface area contributed by atoms with Crippen molar-refractivity contribution in [1.82, 2.24) is 9.97 Å². The van der Waals surface area contributed by atoms with Crippen LogP contribution in [0.3, 0.4) is 0 Å². The summed E-state index contributed by atoms with van der Waals surface area (Å²) >= 11 is 0. The average Bonchev–Trinajstić information content (AvgIpc) is 2.82. The number of carboxylic acids is 1. The molecule has 0 bridgehead atoms. The second-order valence-corrected chi connectivity index (χ2v) is 3.53. The lowest BCUT2D eigenvalue weighted by atomic mass is 10.4. The highest BCUT2D eigenvalue weighted by Crippen LogP contribution is 2.31. The van der Waals surface area contributed by atoms with Crippen LogP contribution in [0.5, 0.6) is 0 Å². The summed E-state index contributed by atoms with van der Waals surface area (Å²) in [7, 11) is 0. The first-order valence-corrected chi connectivity index (χ1v) is 4.49. The smallest absolute Gasteiger partial charge is 0.354 e. The average molecular weight is 193 g/mol. The number of hydrogen-bond acceptors (Lipinski definition) is 4. The number of carboxylic acid groups (broad SMARTS) is 1. The summed E-state index contributed by atoms with van der Waals surface area (Å²) < 4.78 is 0. The van der Waals surface area contributed by atoms with Gasteiger partial charge in [-0.1, -0.05) is 6.92 Å². The number of rotatable bonds is 3. The molecule has 1 heterocycles. The quantitative estimate of drug-likeness (QED) is 0.748. The zero-order valence-corrected chi connectivity index (χ0v) is 7.77. The maximum absolute atomic E-state index is 10.6. The molecule has 2 atom stereocenters. The zero-order chi connectivity index (χ0) is 10.1. The molecule has 5 nitrogen and oxygen atoms in total. The van der Waals surface area contributed by atoms with Crippen LogP contribution in [0.15, 0.2) is 12.3 Å². The van der Waals surface area contributed by atoms with Crippen molar-refractivity contribution < 1.29 is 9.90 Å². The lowest BCUT2D eigenvalue weighted by Gasteiger charge is -2.02. The SMILES string of the molecule is CC1CC1Nc1nccc(C(=O)O)n1. The van der Waals surface area contributed by atoms with Gasteiger partial charge >= 0.3 is 5.97 Å². The molecule has 2 rings (SSSR count). The van der Waals surface area contributed by atoms with E-state index in [0.29, 0.717) is 17.9 Å². The molecule has 1 saturated carbocycles. The fraction of sp³-hybridized carbons (Fsp3) is 0.444. The van der Waals surface area contributed by atoms with Gasteiger partial charge in [-0.05, 0) is 18.4 Å². The van der Waals surface area contributed by atoms with Gasteiger partial charge in [0.2, 0.25) is 5.95 Å². The van der Waals surface area contributed by atoms with Crippen molar-refractivity contribution in [2.75, 3.05) is 5.32 Å². The third kappa shape index (κ3) is 1.81. The van der Waals surface area contributed by atoms with Crippen molar-refractivity contribution in [2.45, 2.75) is 19.4 Å². The van der Waals surface area contributed by atoms with Crippen molar-refractivity contribution in [3.63, 3.8) is 0 Å². The van der Waals surface area contributed by atoms with Gasteiger partial charge in [-0.3, -0.25) is 0 Å². The maximum Gasteiger partial charge on any atom is 0.354 e. The molecule has 0 aromatic carbocycles. The first kappa shape index (κ1) is 8.93. The Morgan fingerprint density at radius 3 is 3.00 bits per heavy atom. The Hall–Kier alpha value is -1.65. The summed E-state index contributed by atoms with van der Waals surface area (Å²) in [5.74, 6) is 0.00521. The Kier molecular flexibility index (Phi) is 2.07. The molecule has 1 aromatic rings. The number of aromatic nitrogens is 2. The highest BCUT2D eigenvalue weighted by atomic mass is 16.4. The summed E-state index contributed by atoms with van der Waals surface area (Å²) in [6.07, 6.45) is 2.55. The van der Waals surface area contributed by atoms with E-state index in [2.05, 4.69) is 22.2 Å². The Bertz CT molecular complexity index is 367. The molecular weight excluding hydrogens is 182 g/mol. The predicted molar refractivity (Wildman–Crippen MR) is 50.2 cm³/mol. The Morgan fingerprint density at radius 2 is 2.43 bits per heavy atom. The number of carbonyl (C=O) groups is 1. The van der Waals surface area contributed by atoms with Crippen LogP contribution in [0.2, 0.25) is 0 Å². The molecule has 74 valence electrons. The highest BCUT2D eigenvalue weighted by molar-refractivity contribution is 5.85. The third-order valence-electron chi connectivity index (χ3n) is 2.30. The van der Waals surface area contributed by atoms with Gasteiger partial charge in [-0.2, -0.15) is 0 Å². The highest BCUT2D eigenvalue weighted by Gasteiger charge is 2.33. The molecule has 0 radical (unpaired) electrons. The molecule has 1 aliphatic carbocycles. The van der Waals surface area contributed by atoms with Crippen LogP contribution in [-0.4, -0.2) is 27.1 Å². The molecule has 5 heteroatoms. The number of nitrogens with one attached hydrogen (secondary N) is 1. The Balaban J connectivity index is 2.10. The molecule has 1 aliphatic rings. The Morgan fingerprint density at radius 1 is 1.71 bits per heavy atom. The van der Waals surface area contributed by atoms with Crippen LogP contribution in [-0.2, 0) is 0 Å². The van der Waals surface area contributed by atoms with Crippen LogP contribution < -0.4 is 5.32 Å². The lowest BCUT2D eigenvalue weighted by molar-refractivity contribution is 0.0690. The van der Waals surface area contributed by atoms with E-state index in [1.165, 1.54) is 12.3 Å². The van der Waals surface area contributed by atoms with E-state index >= 15 is 0 Å². The minimum atomic E-state index is -1.03. The summed E-state index contributed by atoms with van der Waals surface area (Å²) in [6.45, 7) is 2.12. The molecule has 0 aliphatic heterocycles. The number of nitrogens with zero attached hydrogens (tertiary/aromatic N) is 2. The normalized spacial score (nSPS) is 24.4. The van der Waals surface area contributed by atoms with Crippen molar-refractivity contribution in [3.05, 3.63) is 18.0 Å². The third-order valence-corrected chi connectivity index (χ3v) is 2.30. The standard InChI is InChI=1S/C9H11N3O2/c1-5-4-7(5)12-9-10-3-2-6(11-9)8(13)14/h2-3,5,7H,4H2,1H3,(H,13,14)(H,10,11,12). The Labute approximate surface area is 81.2 Å². The monoisotopic (exact) mass is 193 g/mol. The van der Waals surface area contributed by atoms with Gasteiger partial charge in [-0.25, -0.2) is 14.8 Å². The van der Waals surface area contributed by atoms with Gasteiger partial charge < -0.3 is 10.4 Å². The van der Waals surface area contributed by atoms with Gasteiger partial charge in [0.25, 0.3) is 0 Å². The van der Waals surface area contributed by atoms with Crippen molar-refractivity contribution in [2.24, 2.45) is 5.92 Å². The molecular formula is C9H11N3O2. The number of aromatic carboxylic acids is 1. The summed E-state index contributed by atoms with van der Waals surface area (Å²) in [6, 6.07) is 1.78. The summed E-state index contributed by atoms with van der Waals surface area (Å²) in [5.41, 5.74) is 0.0239. The van der Waals surface area contributed by atoms with Gasteiger partial charge in [0.15, 0.2) is 5.69 Å². The van der Waals surface area contributed by atoms with E-state index in [-0.39, 0.29) is 5.69 Å². The number of anilines is 1. The fourth-order valence-electron chi connectivity index (χ4n) is 1.24. The topological polar surface area (TPSA) is 75.1 Å². The van der Waals surface area contributed by atoms with Gasteiger partial charge in [-0.15, -0.1) is 0 Å². The maximum atomic E-state index is 10.6. The molecule has 1 fully saturated rings. The molecule has 14 heavy (non-hydrogen) atoms. The minimum Gasteiger partial charge on any atom is -0.477 e. The van der Waals surface area contributed by atoms with E-state index in [0.717, 1.165) is 6.42 Å².